The molecule has 0 radical (unpaired) electrons. The molecule has 0 amide bonds. The summed E-state index contributed by atoms with van der Waals surface area (Å²) in [6.07, 6.45) is 0.867. The first-order chi connectivity index (χ1) is 8.99. The van der Waals surface area contributed by atoms with Crippen LogP contribution in [-0.4, -0.2) is 0 Å². The molecule has 0 saturated carbocycles. The van der Waals surface area contributed by atoms with Gasteiger partial charge >= 0.3 is 0 Å². The summed E-state index contributed by atoms with van der Waals surface area (Å²) < 4.78 is 1.12. The minimum absolute atomic E-state index is 0.0120. The highest BCUT2D eigenvalue weighted by atomic mass is 79.9. The lowest BCUT2D eigenvalue weighted by Crippen LogP contribution is -2.01. The molecule has 0 aliphatic carbocycles. The average molecular weight is 338 g/mol. The van der Waals surface area contributed by atoms with Crippen LogP contribution in [0.5, 0.6) is 0 Å². The van der Waals surface area contributed by atoms with Gasteiger partial charge in [-0.25, -0.2) is 0 Å². The molecule has 0 N–H and O–H groups in total. The van der Waals surface area contributed by atoms with Crippen molar-refractivity contribution in [3.63, 3.8) is 0 Å². The van der Waals surface area contributed by atoms with E-state index in [1.807, 2.05) is 6.07 Å². The van der Waals surface area contributed by atoms with Crippen molar-refractivity contribution in [3.05, 3.63) is 68.7 Å². The molecule has 0 saturated heterocycles. The zero-order valence-electron chi connectivity index (χ0n) is 11.5. The van der Waals surface area contributed by atoms with Gasteiger partial charge in [0, 0.05) is 4.47 Å². The summed E-state index contributed by atoms with van der Waals surface area (Å²) >= 11 is 10.2. The van der Waals surface area contributed by atoms with Gasteiger partial charge in [0.25, 0.3) is 0 Å². The number of hydrogen-bond donors (Lipinski definition) is 0. The highest BCUT2D eigenvalue weighted by molar-refractivity contribution is 9.10. The molecule has 1 atom stereocenters. The first-order valence-corrected chi connectivity index (χ1v) is 7.67. The fourth-order valence-corrected chi connectivity index (χ4v) is 3.07. The molecule has 0 fully saturated rings. The Morgan fingerprint density at radius 1 is 1.11 bits per heavy atom. The Labute approximate surface area is 128 Å². The molecule has 0 bridgehead atoms. The molecule has 0 nitrogen and oxygen atoms in total. The van der Waals surface area contributed by atoms with Gasteiger partial charge in [-0.05, 0) is 55.5 Å². The predicted octanol–water partition coefficient (Wildman–Crippen LogP) is 5.90. The topological polar surface area (TPSA) is 0 Å². The normalized spacial score (nSPS) is 12.5. The Bertz CT molecular complexity index is 590. The van der Waals surface area contributed by atoms with Crippen molar-refractivity contribution >= 4 is 27.5 Å². The summed E-state index contributed by atoms with van der Waals surface area (Å²) in [5.41, 5.74) is 6.36. The molecule has 0 aromatic heterocycles. The van der Waals surface area contributed by atoms with Gasteiger partial charge in [0.2, 0.25) is 0 Å². The van der Waals surface area contributed by atoms with Crippen LogP contribution in [0.1, 0.15) is 33.2 Å². The molecule has 2 rings (SSSR count). The third-order valence-electron chi connectivity index (χ3n) is 3.55. The second-order valence-corrected chi connectivity index (χ2v) is 6.44. The summed E-state index contributed by atoms with van der Waals surface area (Å²) in [5, 5.41) is 0.0120. The molecule has 0 spiro atoms. The second kappa shape index (κ2) is 6.11. The summed E-state index contributed by atoms with van der Waals surface area (Å²) in [5.74, 6) is 0. The van der Waals surface area contributed by atoms with E-state index in [4.69, 9.17) is 11.6 Å². The SMILES string of the molecule is Cc1ccc(C)c(CC(Cl)c2cccc(Br)c2C)c1. The highest BCUT2D eigenvalue weighted by Crippen LogP contribution is 2.32. The van der Waals surface area contributed by atoms with Crippen LogP contribution in [0.3, 0.4) is 0 Å². The fraction of sp³-hybridized carbons (Fsp3) is 0.294. The van der Waals surface area contributed by atoms with E-state index in [-0.39, 0.29) is 5.38 Å². The zero-order valence-corrected chi connectivity index (χ0v) is 13.8. The fourth-order valence-electron chi connectivity index (χ4n) is 2.29. The Balaban J connectivity index is 2.28. The van der Waals surface area contributed by atoms with Crippen LogP contribution < -0.4 is 0 Å². The van der Waals surface area contributed by atoms with Gasteiger partial charge in [-0.2, -0.15) is 0 Å². The molecule has 0 aliphatic rings. The zero-order chi connectivity index (χ0) is 14.0. The molecular weight excluding hydrogens is 320 g/mol. The Hall–Kier alpha value is -0.790. The van der Waals surface area contributed by atoms with Crippen LogP contribution >= 0.6 is 27.5 Å². The number of halogens is 2. The van der Waals surface area contributed by atoms with Crippen molar-refractivity contribution < 1.29 is 0 Å². The van der Waals surface area contributed by atoms with Crippen LogP contribution in [0, 0.1) is 20.8 Å². The van der Waals surface area contributed by atoms with Gasteiger partial charge in [0.15, 0.2) is 0 Å². The third kappa shape index (κ3) is 3.40. The van der Waals surface area contributed by atoms with Gasteiger partial charge in [-0.15, -0.1) is 11.6 Å². The summed E-state index contributed by atoms with van der Waals surface area (Å²) in [6.45, 7) is 6.38. The van der Waals surface area contributed by atoms with Crippen LogP contribution in [0.25, 0.3) is 0 Å². The van der Waals surface area contributed by atoms with Crippen molar-refractivity contribution in [2.24, 2.45) is 0 Å². The van der Waals surface area contributed by atoms with Gasteiger partial charge in [0.05, 0.1) is 5.38 Å². The lowest BCUT2D eigenvalue weighted by molar-refractivity contribution is 0.898. The summed E-state index contributed by atoms with van der Waals surface area (Å²) in [7, 11) is 0. The maximum absolute atomic E-state index is 6.62. The van der Waals surface area contributed by atoms with Crippen molar-refractivity contribution in [1.29, 1.82) is 0 Å². The first kappa shape index (κ1) is 14.6. The van der Waals surface area contributed by atoms with Crippen molar-refractivity contribution in [2.75, 3.05) is 0 Å². The molecule has 19 heavy (non-hydrogen) atoms. The molecule has 2 aromatic carbocycles. The number of hydrogen-bond acceptors (Lipinski definition) is 0. The minimum atomic E-state index is 0.0120. The van der Waals surface area contributed by atoms with Crippen molar-refractivity contribution in [2.45, 2.75) is 32.6 Å². The molecule has 2 heteroatoms. The van der Waals surface area contributed by atoms with E-state index in [1.54, 1.807) is 0 Å². The van der Waals surface area contributed by atoms with Gasteiger partial charge in [-0.1, -0.05) is 51.8 Å². The van der Waals surface area contributed by atoms with E-state index in [2.05, 4.69) is 67.0 Å². The van der Waals surface area contributed by atoms with Gasteiger partial charge in [-0.3, -0.25) is 0 Å². The van der Waals surface area contributed by atoms with E-state index in [0.717, 1.165) is 10.9 Å². The molecule has 0 aliphatic heterocycles. The van der Waals surface area contributed by atoms with E-state index in [0.29, 0.717) is 0 Å². The number of benzene rings is 2. The largest absolute Gasteiger partial charge is 0.117 e. The maximum atomic E-state index is 6.62. The predicted molar refractivity (Wildman–Crippen MR) is 87.1 cm³/mol. The monoisotopic (exact) mass is 336 g/mol. The molecule has 0 heterocycles. The van der Waals surface area contributed by atoms with Crippen LogP contribution in [-0.2, 0) is 6.42 Å². The molecule has 2 aromatic rings. The first-order valence-electron chi connectivity index (χ1n) is 6.44. The quantitative estimate of drug-likeness (QED) is 0.612. The van der Waals surface area contributed by atoms with Crippen LogP contribution in [0.4, 0.5) is 0 Å². The van der Waals surface area contributed by atoms with E-state index < -0.39 is 0 Å². The average Bonchev–Trinajstić information content (AvgIpc) is 2.37. The van der Waals surface area contributed by atoms with Crippen LogP contribution in [0.2, 0.25) is 0 Å². The Morgan fingerprint density at radius 2 is 1.84 bits per heavy atom. The van der Waals surface area contributed by atoms with Gasteiger partial charge < -0.3 is 0 Å². The van der Waals surface area contributed by atoms with Gasteiger partial charge in [0.1, 0.15) is 0 Å². The van der Waals surface area contributed by atoms with Crippen molar-refractivity contribution in [3.8, 4) is 0 Å². The third-order valence-corrected chi connectivity index (χ3v) is 4.80. The maximum Gasteiger partial charge on any atom is 0.0628 e. The van der Waals surface area contributed by atoms with E-state index >= 15 is 0 Å². The highest BCUT2D eigenvalue weighted by Gasteiger charge is 2.14. The second-order valence-electron chi connectivity index (χ2n) is 5.06. The molecule has 100 valence electrons. The van der Waals surface area contributed by atoms with E-state index in [9.17, 15) is 0 Å². The number of aryl methyl sites for hydroxylation is 2. The van der Waals surface area contributed by atoms with E-state index in [1.165, 1.54) is 27.8 Å². The number of rotatable bonds is 3. The van der Waals surface area contributed by atoms with Crippen LogP contribution in [0.15, 0.2) is 40.9 Å². The standard InChI is InChI=1S/C17H18BrCl/c1-11-7-8-12(2)14(9-11)10-17(19)15-5-4-6-16(18)13(15)3/h4-9,17H,10H2,1-3H3. The summed E-state index contributed by atoms with van der Waals surface area (Å²) in [4.78, 5) is 0. The smallest absolute Gasteiger partial charge is 0.0628 e. The lowest BCUT2D eigenvalue weighted by atomic mass is 9.96. The Kier molecular flexibility index (Phi) is 4.70. The lowest BCUT2D eigenvalue weighted by Gasteiger charge is -2.15. The molecule has 1 unspecified atom stereocenters. The Morgan fingerprint density at radius 3 is 2.58 bits per heavy atom. The minimum Gasteiger partial charge on any atom is -0.117 e. The summed E-state index contributed by atoms with van der Waals surface area (Å²) in [6, 6.07) is 12.8. The molecular formula is C17H18BrCl. The number of alkyl halides is 1. The van der Waals surface area contributed by atoms with Crippen molar-refractivity contribution in [1.82, 2.24) is 0 Å².